The van der Waals surface area contributed by atoms with Gasteiger partial charge in [-0.3, -0.25) is 0 Å². The maximum absolute atomic E-state index is 2.38. The Morgan fingerprint density at radius 2 is 1.16 bits per heavy atom. The predicted molar refractivity (Wildman–Crippen MR) is 140 cm³/mol. The lowest BCUT2D eigenvalue weighted by Gasteiger charge is -2.18. The Morgan fingerprint density at radius 1 is 0.562 bits per heavy atom. The molecule has 158 valence electrons. The molecule has 5 rings (SSSR count). The van der Waals surface area contributed by atoms with E-state index in [1.807, 2.05) is 0 Å². The van der Waals surface area contributed by atoms with Crippen molar-refractivity contribution in [2.45, 2.75) is 39.5 Å². The summed E-state index contributed by atoms with van der Waals surface area (Å²) in [6.07, 6.45) is 2.39. The molecule has 0 amide bonds. The van der Waals surface area contributed by atoms with Gasteiger partial charge in [-0.25, -0.2) is 0 Å². The second-order valence-electron chi connectivity index (χ2n) is 8.82. The predicted octanol–water partition coefficient (Wildman–Crippen LogP) is 9.54. The molecular weight excluding hydrogens is 384 g/mol. The van der Waals surface area contributed by atoms with E-state index in [4.69, 9.17) is 0 Å². The third-order valence-corrected chi connectivity index (χ3v) is 7.01. The van der Waals surface area contributed by atoms with E-state index < -0.39 is 0 Å². The Labute approximate surface area is 191 Å². The topological polar surface area (TPSA) is 0 Å². The van der Waals surface area contributed by atoms with Crippen LogP contribution in [0, 0.1) is 6.92 Å². The summed E-state index contributed by atoms with van der Waals surface area (Å²) in [6, 6.07) is 35.8. The molecule has 0 aliphatic carbocycles. The first kappa shape index (κ1) is 20.5. The molecule has 0 aliphatic heterocycles. The lowest BCUT2D eigenvalue weighted by atomic mass is 9.86. The Balaban J connectivity index is 1.69. The highest BCUT2D eigenvalue weighted by Gasteiger charge is 2.14. The highest BCUT2D eigenvalue weighted by Crippen LogP contribution is 2.39. The fourth-order valence-electron chi connectivity index (χ4n) is 5.28. The largest absolute Gasteiger partial charge is 0.0648 e. The van der Waals surface area contributed by atoms with Crippen LogP contribution in [-0.4, -0.2) is 0 Å². The first-order chi connectivity index (χ1) is 15.7. The van der Waals surface area contributed by atoms with Gasteiger partial charge in [0.15, 0.2) is 0 Å². The van der Waals surface area contributed by atoms with Gasteiger partial charge in [0, 0.05) is 0 Å². The molecule has 32 heavy (non-hydrogen) atoms. The summed E-state index contributed by atoms with van der Waals surface area (Å²) >= 11 is 0. The molecule has 0 bridgehead atoms. The number of aryl methyl sites for hydroxylation is 1. The molecule has 0 N–H and O–H groups in total. The molecule has 0 spiro atoms. The van der Waals surface area contributed by atoms with Crippen LogP contribution in [0.1, 0.15) is 43.7 Å². The summed E-state index contributed by atoms with van der Waals surface area (Å²) in [4.78, 5) is 0. The smallest absolute Gasteiger partial charge is 0.00987 e. The van der Waals surface area contributed by atoms with Gasteiger partial charge in [0.2, 0.25) is 0 Å². The van der Waals surface area contributed by atoms with Gasteiger partial charge in [0.1, 0.15) is 0 Å². The van der Waals surface area contributed by atoms with Crippen molar-refractivity contribution < 1.29 is 0 Å². The van der Waals surface area contributed by atoms with Crippen LogP contribution in [0.25, 0.3) is 43.8 Å². The third kappa shape index (κ3) is 3.50. The van der Waals surface area contributed by atoms with Gasteiger partial charge in [0.25, 0.3) is 0 Å². The van der Waals surface area contributed by atoms with Gasteiger partial charge in [-0.05, 0) is 80.6 Å². The minimum Gasteiger partial charge on any atom is -0.0648 e. The molecule has 0 atom stereocenters. The molecule has 0 aliphatic rings. The Morgan fingerprint density at radius 3 is 1.88 bits per heavy atom. The molecule has 5 aromatic carbocycles. The fraction of sp³-hybridized carbons (Fsp3) is 0.188. The number of hydrogen-bond acceptors (Lipinski definition) is 0. The Bertz CT molecular complexity index is 1400. The zero-order valence-corrected chi connectivity index (χ0v) is 19.2. The number of rotatable bonds is 5. The molecule has 0 heterocycles. The Kier molecular flexibility index (Phi) is 5.53. The van der Waals surface area contributed by atoms with E-state index in [9.17, 15) is 0 Å². The molecular formula is C32H30. The maximum atomic E-state index is 2.38. The van der Waals surface area contributed by atoms with Gasteiger partial charge in [-0.1, -0.05) is 111 Å². The summed E-state index contributed by atoms with van der Waals surface area (Å²) < 4.78 is 0. The molecule has 0 saturated carbocycles. The second kappa shape index (κ2) is 8.63. The average molecular weight is 415 g/mol. The average Bonchev–Trinajstić information content (AvgIpc) is 2.85. The van der Waals surface area contributed by atoms with Crippen molar-refractivity contribution in [1.82, 2.24) is 0 Å². The maximum Gasteiger partial charge on any atom is -0.00987 e. The van der Waals surface area contributed by atoms with E-state index in [2.05, 4.69) is 118 Å². The van der Waals surface area contributed by atoms with Crippen LogP contribution < -0.4 is 0 Å². The van der Waals surface area contributed by atoms with Gasteiger partial charge < -0.3 is 0 Å². The minimum absolute atomic E-state index is 0.648. The molecule has 0 unspecified atom stereocenters. The standard InChI is InChI=1S/C32H30/c1-4-23(5-2)26-18-17-25(21-22(26)3)28-19-20-32(31-15-9-8-14-29(28)31)30-16-10-12-24-11-6-7-13-27(24)30/h6-21,23H,4-5H2,1-3H3. The Hall–Kier alpha value is -3.38. The zero-order valence-electron chi connectivity index (χ0n) is 19.2. The lowest BCUT2D eigenvalue weighted by Crippen LogP contribution is -1.98. The second-order valence-corrected chi connectivity index (χ2v) is 8.82. The molecule has 0 radical (unpaired) electrons. The minimum atomic E-state index is 0.648. The van der Waals surface area contributed by atoms with E-state index >= 15 is 0 Å². The summed E-state index contributed by atoms with van der Waals surface area (Å²) in [5.41, 5.74) is 8.10. The van der Waals surface area contributed by atoms with Gasteiger partial charge in [-0.2, -0.15) is 0 Å². The number of benzene rings is 5. The summed E-state index contributed by atoms with van der Waals surface area (Å²) in [7, 11) is 0. The van der Waals surface area contributed by atoms with E-state index in [0.717, 1.165) is 0 Å². The van der Waals surface area contributed by atoms with Gasteiger partial charge >= 0.3 is 0 Å². The first-order valence-corrected chi connectivity index (χ1v) is 11.8. The first-order valence-electron chi connectivity index (χ1n) is 11.8. The van der Waals surface area contributed by atoms with Crippen molar-refractivity contribution in [1.29, 1.82) is 0 Å². The quantitative estimate of drug-likeness (QED) is 0.268. The van der Waals surface area contributed by atoms with Crippen LogP contribution in [-0.2, 0) is 0 Å². The highest BCUT2D eigenvalue weighted by molar-refractivity contribution is 6.09. The van der Waals surface area contributed by atoms with Crippen LogP contribution in [0.5, 0.6) is 0 Å². The van der Waals surface area contributed by atoms with Crippen molar-refractivity contribution in [2.24, 2.45) is 0 Å². The number of fused-ring (bicyclic) bond motifs is 2. The van der Waals surface area contributed by atoms with E-state index in [1.165, 1.54) is 67.8 Å². The SMILES string of the molecule is CCC(CC)c1ccc(-c2ccc(-c3cccc4ccccc34)c3ccccc23)cc1C. The van der Waals surface area contributed by atoms with Gasteiger partial charge in [0.05, 0.1) is 0 Å². The molecule has 5 aromatic rings. The van der Waals surface area contributed by atoms with Crippen LogP contribution in [0.4, 0.5) is 0 Å². The summed E-state index contributed by atoms with van der Waals surface area (Å²) in [6.45, 7) is 6.85. The number of hydrogen-bond donors (Lipinski definition) is 0. The van der Waals surface area contributed by atoms with Crippen molar-refractivity contribution >= 4 is 21.5 Å². The normalized spacial score (nSPS) is 11.5. The van der Waals surface area contributed by atoms with E-state index in [1.54, 1.807) is 0 Å². The van der Waals surface area contributed by atoms with Crippen molar-refractivity contribution in [3.8, 4) is 22.3 Å². The molecule has 0 heteroatoms. The van der Waals surface area contributed by atoms with Crippen LogP contribution >= 0.6 is 0 Å². The van der Waals surface area contributed by atoms with Crippen molar-refractivity contribution in [2.75, 3.05) is 0 Å². The van der Waals surface area contributed by atoms with E-state index in [0.29, 0.717) is 5.92 Å². The van der Waals surface area contributed by atoms with Crippen molar-refractivity contribution in [3.05, 3.63) is 108 Å². The monoisotopic (exact) mass is 414 g/mol. The highest BCUT2D eigenvalue weighted by atomic mass is 14.2. The third-order valence-electron chi connectivity index (χ3n) is 7.01. The summed E-state index contributed by atoms with van der Waals surface area (Å²) in [5.74, 6) is 0.648. The van der Waals surface area contributed by atoms with Crippen molar-refractivity contribution in [3.63, 3.8) is 0 Å². The van der Waals surface area contributed by atoms with Crippen LogP contribution in [0.15, 0.2) is 97.1 Å². The van der Waals surface area contributed by atoms with Gasteiger partial charge in [-0.15, -0.1) is 0 Å². The lowest BCUT2D eigenvalue weighted by molar-refractivity contribution is 0.638. The van der Waals surface area contributed by atoms with Crippen LogP contribution in [0.3, 0.4) is 0 Å². The summed E-state index contributed by atoms with van der Waals surface area (Å²) in [5, 5.41) is 5.21. The van der Waals surface area contributed by atoms with E-state index in [-0.39, 0.29) is 0 Å². The molecule has 0 saturated heterocycles. The molecule has 0 aromatic heterocycles. The molecule has 0 fully saturated rings. The molecule has 0 nitrogen and oxygen atoms in total. The fourth-order valence-corrected chi connectivity index (χ4v) is 5.28. The van der Waals surface area contributed by atoms with Crippen LogP contribution in [0.2, 0.25) is 0 Å². The zero-order chi connectivity index (χ0) is 22.1.